The summed E-state index contributed by atoms with van der Waals surface area (Å²) in [6.45, 7) is 2.76. The Labute approximate surface area is 164 Å². The van der Waals surface area contributed by atoms with Gasteiger partial charge in [0.05, 0.1) is 6.04 Å². The van der Waals surface area contributed by atoms with E-state index < -0.39 is 0 Å². The van der Waals surface area contributed by atoms with Gasteiger partial charge in [0.15, 0.2) is 0 Å². The van der Waals surface area contributed by atoms with Crippen LogP contribution in [0.25, 0.3) is 10.9 Å². The number of hydrogen-bond donors (Lipinski definition) is 2. The lowest BCUT2D eigenvalue weighted by Crippen LogP contribution is -2.39. The van der Waals surface area contributed by atoms with Crippen LogP contribution in [0.4, 0.5) is 0 Å². The zero-order valence-corrected chi connectivity index (χ0v) is 16.6. The van der Waals surface area contributed by atoms with Crippen LogP contribution in [0.1, 0.15) is 57.5 Å². The summed E-state index contributed by atoms with van der Waals surface area (Å²) < 4.78 is 1.91. The van der Waals surface area contributed by atoms with Crippen molar-refractivity contribution in [2.45, 2.75) is 32.2 Å². The number of aromatic amines is 1. The Morgan fingerprint density at radius 2 is 1.96 bits per heavy atom. The van der Waals surface area contributed by atoms with Crippen molar-refractivity contribution >= 4 is 22.7 Å². The van der Waals surface area contributed by atoms with E-state index in [4.69, 9.17) is 0 Å². The molecule has 1 aliphatic heterocycles. The molecule has 0 unspecified atom stereocenters. The number of fused-ring (bicyclic) bond motifs is 1. The third-order valence-corrected chi connectivity index (χ3v) is 5.73. The summed E-state index contributed by atoms with van der Waals surface area (Å²) in [5.41, 5.74) is 4.37. The van der Waals surface area contributed by atoms with Gasteiger partial charge < -0.3 is 19.8 Å². The molecule has 0 bridgehead atoms. The van der Waals surface area contributed by atoms with Crippen LogP contribution in [-0.4, -0.2) is 39.9 Å². The topological polar surface area (TPSA) is 70.1 Å². The zero-order valence-electron chi connectivity index (χ0n) is 16.6. The SMILES string of the molecule is CNC(=O)c1ccc([C@H]2CCCCN2C(=O)c2cc3ccc(C)cc3[nH]2)n1C. The smallest absolute Gasteiger partial charge is 0.270 e. The molecule has 1 fully saturated rings. The molecule has 146 valence electrons. The van der Waals surface area contributed by atoms with Crippen LogP contribution >= 0.6 is 0 Å². The van der Waals surface area contributed by atoms with Gasteiger partial charge in [-0.1, -0.05) is 12.1 Å². The van der Waals surface area contributed by atoms with E-state index in [0.29, 0.717) is 11.4 Å². The molecule has 0 aliphatic carbocycles. The minimum atomic E-state index is -0.117. The number of aromatic nitrogens is 2. The van der Waals surface area contributed by atoms with Crippen LogP contribution in [0.3, 0.4) is 0 Å². The lowest BCUT2D eigenvalue weighted by atomic mass is 9.98. The molecule has 0 radical (unpaired) electrons. The first-order chi connectivity index (χ1) is 13.5. The number of rotatable bonds is 3. The highest BCUT2D eigenvalue weighted by molar-refractivity contribution is 5.98. The molecular formula is C22H26N4O2. The van der Waals surface area contributed by atoms with Gasteiger partial charge >= 0.3 is 0 Å². The van der Waals surface area contributed by atoms with Crippen LogP contribution in [0.15, 0.2) is 36.4 Å². The van der Waals surface area contributed by atoms with Crippen molar-refractivity contribution in [1.29, 1.82) is 0 Å². The molecule has 1 aliphatic rings. The number of piperidine rings is 1. The predicted molar refractivity (Wildman–Crippen MR) is 109 cm³/mol. The van der Waals surface area contributed by atoms with E-state index in [1.165, 1.54) is 0 Å². The molecule has 28 heavy (non-hydrogen) atoms. The Bertz CT molecular complexity index is 1050. The van der Waals surface area contributed by atoms with Crippen molar-refractivity contribution in [3.63, 3.8) is 0 Å². The number of nitrogens with zero attached hydrogens (tertiary/aromatic N) is 2. The second-order valence-electron chi connectivity index (χ2n) is 7.57. The fourth-order valence-electron chi connectivity index (χ4n) is 4.21. The van der Waals surface area contributed by atoms with Crippen LogP contribution in [0, 0.1) is 6.92 Å². The first-order valence-corrected chi connectivity index (χ1v) is 9.77. The molecule has 1 saturated heterocycles. The fraction of sp³-hybridized carbons (Fsp3) is 0.364. The number of hydrogen-bond acceptors (Lipinski definition) is 2. The van der Waals surface area contributed by atoms with E-state index in [-0.39, 0.29) is 17.9 Å². The summed E-state index contributed by atoms with van der Waals surface area (Å²) in [5, 5.41) is 3.72. The summed E-state index contributed by atoms with van der Waals surface area (Å²) in [5.74, 6) is -0.102. The van der Waals surface area contributed by atoms with E-state index >= 15 is 0 Å². The fourth-order valence-corrected chi connectivity index (χ4v) is 4.21. The summed E-state index contributed by atoms with van der Waals surface area (Å²) in [6, 6.07) is 11.9. The molecule has 1 aromatic carbocycles. The molecule has 3 aromatic rings. The first-order valence-electron chi connectivity index (χ1n) is 9.77. The Morgan fingerprint density at radius 1 is 1.14 bits per heavy atom. The molecule has 2 amide bonds. The number of aryl methyl sites for hydroxylation is 1. The molecule has 4 rings (SSSR count). The average Bonchev–Trinajstić information content (AvgIpc) is 3.30. The molecule has 3 heterocycles. The van der Waals surface area contributed by atoms with Crippen LogP contribution < -0.4 is 5.32 Å². The number of carbonyl (C=O) groups excluding carboxylic acids is 2. The Balaban J connectivity index is 1.67. The van der Waals surface area contributed by atoms with Gasteiger partial charge in [0.25, 0.3) is 11.8 Å². The highest BCUT2D eigenvalue weighted by Gasteiger charge is 2.31. The number of carbonyl (C=O) groups is 2. The minimum absolute atomic E-state index is 0.0150. The van der Waals surface area contributed by atoms with E-state index in [0.717, 1.165) is 48.0 Å². The Hall–Kier alpha value is -3.02. The van der Waals surface area contributed by atoms with Crippen molar-refractivity contribution in [3.8, 4) is 0 Å². The van der Waals surface area contributed by atoms with Gasteiger partial charge in [0.2, 0.25) is 0 Å². The minimum Gasteiger partial charge on any atom is -0.354 e. The molecule has 0 saturated carbocycles. The van der Waals surface area contributed by atoms with E-state index in [2.05, 4.69) is 22.4 Å². The number of amides is 2. The lowest BCUT2D eigenvalue weighted by molar-refractivity contribution is 0.0597. The van der Waals surface area contributed by atoms with Crippen molar-refractivity contribution in [2.24, 2.45) is 7.05 Å². The third-order valence-electron chi connectivity index (χ3n) is 5.73. The van der Waals surface area contributed by atoms with Gasteiger partial charge in [0, 0.05) is 37.2 Å². The first kappa shape index (κ1) is 18.3. The number of likely N-dealkylation sites (tertiary alicyclic amines) is 1. The maximum Gasteiger partial charge on any atom is 0.270 e. The number of H-pyrrole nitrogens is 1. The maximum absolute atomic E-state index is 13.4. The van der Waals surface area contributed by atoms with Gasteiger partial charge in [-0.15, -0.1) is 0 Å². The molecule has 6 heteroatoms. The quantitative estimate of drug-likeness (QED) is 0.732. The summed E-state index contributed by atoms with van der Waals surface area (Å²) in [7, 11) is 3.52. The van der Waals surface area contributed by atoms with Gasteiger partial charge in [0.1, 0.15) is 11.4 Å². The highest BCUT2D eigenvalue weighted by atomic mass is 16.2. The summed E-state index contributed by atoms with van der Waals surface area (Å²) in [6.07, 6.45) is 2.96. The van der Waals surface area contributed by atoms with Crippen molar-refractivity contribution < 1.29 is 9.59 Å². The lowest BCUT2D eigenvalue weighted by Gasteiger charge is -2.36. The average molecular weight is 378 g/mol. The Morgan fingerprint density at radius 3 is 2.75 bits per heavy atom. The van der Waals surface area contributed by atoms with E-state index in [1.54, 1.807) is 7.05 Å². The maximum atomic E-state index is 13.4. The molecule has 1 atom stereocenters. The highest BCUT2D eigenvalue weighted by Crippen LogP contribution is 2.33. The zero-order chi connectivity index (χ0) is 19.8. The predicted octanol–water partition coefficient (Wildman–Crippen LogP) is 3.54. The number of nitrogens with one attached hydrogen (secondary N) is 2. The van der Waals surface area contributed by atoms with E-state index in [1.807, 2.05) is 47.7 Å². The molecule has 0 spiro atoms. The van der Waals surface area contributed by atoms with E-state index in [9.17, 15) is 9.59 Å². The summed E-state index contributed by atoms with van der Waals surface area (Å²) >= 11 is 0. The normalized spacial score (nSPS) is 17.1. The van der Waals surface area contributed by atoms with Gasteiger partial charge in [-0.05, 0) is 56.0 Å². The summed E-state index contributed by atoms with van der Waals surface area (Å²) in [4.78, 5) is 30.7. The molecule has 6 nitrogen and oxygen atoms in total. The second kappa shape index (κ2) is 7.19. The third kappa shape index (κ3) is 3.09. The molecule has 2 aromatic heterocycles. The van der Waals surface area contributed by atoms with Crippen LogP contribution in [0.5, 0.6) is 0 Å². The van der Waals surface area contributed by atoms with Crippen molar-refractivity contribution in [1.82, 2.24) is 19.8 Å². The van der Waals surface area contributed by atoms with Crippen molar-refractivity contribution in [2.75, 3.05) is 13.6 Å². The Kier molecular flexibility index (Phi) is 4.71. The second-order valence-corrected chi connectivity index (χ2v) is 7.57. The van der Waals surface area contributed by atoms with Gasteiger partial charge in [-0.25, -0.2) is 0 Å². The largest absolute Gasteiger partial charge is 0.354 e. The van der Waals surface area contributed by atoms with Gasteiger partial charge in [-0.3, -0.25) is 9.59 Å². The monoisotopic (exact) mass is 378 g/mol. The van der Waals surface area contributed by atoms with Crippen molar-refractivity contribution in [3.05, 3.63) is 59.0 Å². The van der Waals surface area contributed by atoms with Gasteiger partial charge in [-0.2, -0.15) is 0 Å². The molecule has 2 N–H and O–H groups in total. The molecular weight excluding hydrogens is 352 g/mol. The standard InChI is InChI=1S/C22H26N4O2/c1-14-7-8-15-13-17(24-16(15)12-14)22(28)26-11-5-4-6-19(26)18-9-10-20(25(18)3)21(27)23-2/h7-10,12-13,19,24H,4-6,11H2,1-3H3,(H,23,27)/t19-/m1/s1. The number of benzene rings is 1. The van der Waals surface area contributed by atoms with Crippen LogP contribution in [0.2, 0.25) is 0 Å². The van der Waals surface area contributed by atoms with Crippen LogP contribution in [-0.2, 0) is 7.05 Å².